The second-order valence-corrected chi connectivity index (χ2v) is 9.51. The van der Waals surface area contributed by atoms with Gasteiger partial charge in [0.1, 0.15) is 5.82 Å². The van der Waals surface area contributed by atoms with E-state index in [2.05, 4.69) is 44.2 Å². The van der Waals surface area contributed by atoms with Gasteiger partial charge in [-0.1, -0.05) is 0 Å². The molecule has 0 aromatic carbocycles. The third kappa shape index (κ3) is 4.26. The van der Waals surface area contributed by atoms with Crippen LogP contribution in [0.1, 0.15) is 51.2 Å². The molecule has 1 saturated heterocycles. The molecule has 4 heterocycles. The first-order chi connectivity index (χ1) is 15.6. The number of aliphatic hydroxyl groups excluding tert-OH is 1. The molecule has 0 bridgehead atoms. The van der Waals surface area contributed by atoms with Gasteiger partial charge in [-0.15, -0.1) is 0 Å². The number of amides is 2. The molecule has 0 saturated carbocycles. The quantitative estimate of drug-likeness (QED) is 0.628. The Hall–Kier alpha value is -2.79. The van der Waals surface area contributed by atoms with Gasteiger partial charge in [0.25, 0.3) is 0 Å². The highest BCUT2D eigenvalue weighted by atomic mass is 19.1. The predicted octanol–water partition coefficient (Wildman–Crippen LogP) is 2.34. The SMILES string of the molecule is Cc1ncc(F)c(Nc2n[nH]c3c2CN(C(=O)N2C[C@@H](C)N(CCCO)C[C@@H]2C)C3(C)C)n1. The smallest absolute Gasteiger partial charge is 0.321 e. The maximum atomic E-state index is 14.2. The van der Waals surface area contributed by atoms with E-state index in [-0.39, 0.29) is 30.5 Å². The molecule has 2 atom stereocenters. The molecule has 0 unspecified atom stereocenters. The summed E-state index contributed by atoms with van der Waals surface area (Å²) in [5.74, 6) is 0.398. The van der Waals surface area contributed by atoms with E-state index in [0.29, 0.717) is 24.7 Å². The van der Waals surface area contributed by atoms with E-state index in [4.69, 9.17) is 5.11 Å². The van der Waals surface area contributed by atoms with E-state index in [0.717, 1.165) is 37.0 Å². The molecule has 2 amide bonds. The number of halogens is 1. The van der Waals surface area contributed by atoms with Crippen molar-refractivity contribution in [1.82, 2.24) is 34.9 Å². The Kier molecular flexibility index (Phi) is 6.28. The monoisotopic (exact) mass is 460 g/mol. The first-order valence-corrected chi connectivity index (χ1v) is 11.4. The molecule has 11 heteroatoms. The lowest BCUT2D eigenvalue weighted by Gasteiger charge is -2.46. The molecule has 2 aliphatic rings. The van der Waals surface area contributed by atoms with Crippen molar-refractivity contribution in [2.45, 2.75) is 65.2 Å². The van der Waals surface area contributed by atoms with Gasteiger partial charge in [0, 0.05) is 43.9 Å². The van der Waals surface area contributed by atoms with Crippen LogP contribution in [0, 0.1) is 12.7 Å². The maximum absolute atomic E-state index is 14.2. The van der Waals surface area contributed by atoms with Crippen molar-refractivity contribution in [3.8, 4) is 0 Å². The van der Waals surface area contributed by atoms with Gasteiger partial charge in [-0.3, -0.25) is 10.00 Å². The third-order valence-electron chi connectivity index (χ3n) is 6.77. The number of H-pyrrole nitrogens is 1. The van der Waals surface area contributed by atoms with E-state index in [9.17, 15) is 9.18 Å². The molecule has 2 aromatic rings. The number of aryl methyl sites for hydroxylation is 1. The number of carbonyl (C=O) groups excluding carboxylic acids is 1. The van der Waals surface area contributed by atoms with Crippen molar-refractivity contribution in [3.63, 3.8) is 0 Å². The van der Waals surface area contributed by atoms with Crippen LogP contribution < -0.4 is 5.32 Å². The highest BCUT2D eigenvalue weighted by molar-refractivity contribution is 5.78. The zero-order chi connectivity index (χ0) is 23.9. The number of piperazine rings is 1. The Morgan fingerprint density at radius 1 is 1.30 bits per heavy atom. The Bertz CT molecular complexity index is 1030. The number of hydrogen-bond donors (Lipinski definition) is 3. The molecule has 4 rings (SSSR count). The Balaban J connectivity index is 1.52. The largest absolute Gasteiger partial charge is 0.396 e. The van der Waals surface area contributed by atoms with Crippen LogP contribution in [-0.2, 0) is 12.1 Å². The van der Waals surface area contributed by atoms with Crippen molar-refractivity contribution >= 4 is 17.7 Å². The van der Waals surface area contributed by atoms with Crippen molar-refractivity contribution in [2.75, 3.05) is 31.6 Å². The van der Waals surface area contributed by atoms with E-state index >= 15 is 0 Å². The Morgan fingerprint density at radius 3 is 2.79 bits per heavy atom. The summed E-state index contributed by atoms with van der Waals surface area (Å²) in [6.45, 7) is 12.6. The van der Waals surface area contributed by atoms with Gasteiger partial charge >= 0.3 is 6.03 Å². The van der Waals surface area contributed by atoms with E-state index < -0.39 is 11.4 Å². The highest BCUT2D eigenvalue weighted by Gasteiger charge is 2.46. The standard InChI is InChI=1S/C22H33FN8O2/c1-13-11-30(14(2)10-29(13)7-6-8-32)21(33)31-12-16-18(22(31,4)5)27-28-19(16)26-20-17(23)9-24-15(3)25-20/h9,13-14,32H,6-8,10-12H2,1-5H3,(H2,24,25,26,27,28)/t13-,14+/m1/s1. The fourth-order valence-electron chi connectivity index (χ4n) is 4.79. The zero-order valence-corrected chi connectivity index (χ0v) is 19.9. The number of aliphatic hydroxyl groups is 1. The van der Waals surface area contributed by atoms with E-state index in [1.54, 1.807) is 6.92 Å². The Labute approximate surface area is 193 Å². The number of aromatic nitrogens is 4. The molecule has 33 heavy (non-hydrogen) atoms. The summed E-state index contributed by atoms with van der Waals surface area (Å²) in [4.78, 5) is 27.8. The lowest BCUT2D eigenvalue weighted by atomic mass is 10.0. The highest BCUT2D eigenvalue weighted by Crippen LogP contribution is 2.42. The topological polar surface area (TPSA) is 114 Å². The molecular formula is C22H33FN8O2. The lowest BCUT2D eigenvalue weighted by Crippen LogP contribution is -2.61. The second kappa shape index (κ2) is 8.86. The maximum Gasteiger partial charge on any atom is 0.321 e. The van der Waals surface area contributed by atoms with Gasteiger partial charge in [-0.05, 0) is 41.0 Å². The van der Waals surface area contributed by atoms with E-state index in [1.807, 2.05) is 23.6 Å². The fraction of sp³-hybridized carbons (Fsp3) is 0.636. The minimum Gasteiger partial charge on any atom is -0.396 e. The van der Waals surface area contributed by atoms with Crippen LogP contribution in [0.5, 0.6) is 0 Å². The van der Waals surface area contributed by atoms with Gasteiger partial charge in [0.05, 0.1) is 24.0 Å². The van der Waals surface area contributed by atoms with Crippen molar-refractivity contribution in [2.24, 2.45) is 0 Å². The molecule has 10 nitrogen and oxygen atoms in total. The van der Waals surface area contributed by atoms with Crippen LogP contribution in [0.25, 0.3) is 0 Å². The third-order valence-corrected chi connectivity index (χ3v) is 6.77. The fourth-order valence-corrected chi connectivity index (χ4v) is 4.79. The van der Waals surface area contributed by atoms with Gasteiger partial charge in [0.2, 0.25) is 0 Å². The molecule has 180 valence electrons. The second-order valence-electron chi connectivity index (χ2n) is 9.51. The number of anilines is 2. The molecule has 1 fully saturated rings. The summed E-state index contributed by atoms with van der Waals surface area (Å²) in [6, 6.07) is 0.236. The summed E-state index contributed by atoms with van der Waals surface area (Å²) < 4.78 is 14.2. The van der Waals surface area contributed by atoms with E-state index in [1.165, 1.54) is 0 Å². The minimum absolute atomic E-state index is 0.0271. The first-order valence-electron chi connectivity index (χ1n) is 11.4. The minimum atomic E-state index is -0.601. The molecule has 2 aliphatic heterocycles. The van der Waals surface area contributed by atoms with Gasteiger partial charge < -0.3 is 20.2 Å². The van der Waals surface area contributed by atoms with Crippen LogP contribution in [0.2, 0.25) is 0 Å². The van der Waals surface area contributed by atoms with Crippen molar-refractivity contribution in [1.29, 1.82) is 0 Å². The average molecular weight is 461 g/mol. The summed E-state index contributed by atoms with van der Waals surface area (Å²) in [6.07, 6.45) is 1.86. The van der Waals surface area contributed by atoms with Gasteiger partial charge in [0.15, 0.2) is 17.5 Å². The molecule has 0 aliphatic carbocycles. The summed E-state index contributed by atoms with van der Waals surface area (Å²) in [5, 5.41) is 19.5. The number of fused-ring (bicyclic) bond motifs is 1. The number of nitrogens with one attached hydrogen (secondary N) is 2. The molecular weight excluding hydrogens is 427 g/mol. The summed E-state index contributed by atoms with van der Waals surface area (Å²) >= 11 is 0. The number of rotatable bonds is 5. The number of carbonyl (C=O) groups is 1. The van der Waals surface area contributed by atoms with Gasteiger partial charge in [-0.25, -0.2) is 19.2 Å². The number of aromatic amines is 1. The van der Waals surface area contributed by atoms with Crippen LogP contribution in [0.15, 0.2) is 6.20 Å². The molecule has 2 aromatic heterocycles. The summed E-state index contributed by atoms with van der Waals surface area (Å²) in [5.41, 5.74) is 1.05. The lowest BCUT2D eigenvalue weighted by molar-refractivity contribution is 0.0326. The normalized spacial score (nSPS) is 22.5. The van der Waals surface area contributed by atoms with Gasteiger partial charge in [-0.2, -0.15) is 5.10 Å². The number of hydrogen-bond acceptors (Lipinski definition) is 7. The Morgan fingerprint density at radius 2 is 2.06 bits per heavy atom. The van der Waals surface area contributed by atoms with Crippen LogP contribution in [0.3, 0.4) is 0 Å². The van der Waals surface area contributed by atoms with Crippen molar-refractivity contribution < 1.29 is 14.3 Å². The molecule has 0 spiro atoms. The van der Waals surface area contributed by atoms with Crippen LogP contribution in [-0.4, -0.2) is 84.3 Å². The number of nitrogens with zero attached hydrogens (tertiary/aromatic N) is 6. The van der Waals surface area contributed by atoms with Crippen LogP contribution in [0.4, 0.5) is 20.8 Å². The van der Waals surface area contributed by atoms with Crippen molar-refractivity contribution in [3.05, 3.63) is 29.1 Å². The molecule has 0 radical (unpaired) electrons. The van der Waals surface area contributed by atoms with Crippen LogP contribution >= 0.6 is 0 Å². The zero-order valence-electron chi connectivity index (χ0n) is 19.9. The first kappa shape index (κ1) is 23.4. The number of urea groups is 1. The molecule has 3 N–H and O–H groups in total. The average Bonchev–Trinajstić information content (AvgIpc) is 3.28. The predicted molar refractivity (Wildman–Crippen MR) is 121 cm³/mol. The summed E-state index contributed by atoms with van der Waals surface area (Å²) in [7, 11) is 0.